The number of anilines is 1. The summed E-state index contributed by atoms with van der Waals surface area (Å²) < 4.78 is 0. The van der Waals surface area contributed by atoms with E-state index in [9.17, 15) is 9.59 Å². The Kier molecular flexibility index (Phi) is 4.92. The summed E-state index contributed by atoms with van der Waals surface area (Å²) in [7, 11) is 0. The van der Waals surface area contributed by atoms with Crippen molar-refractivity contribution in [1.29, 1.82) is 0 Å². The zero-order valence-electron chi connectivity index (χ0n) is 14.1. The molecule has 0 bridgehead atoms. The molecule has 1 saturated heterocycles. The van der Waals surface area contributed by atoms with Gasteiger partial charge in [-0.05, 0) is 25.0 Å². The molecule has 1 aromatic heterocycles. The van der Waals surface area contributed by atoms with Crippen molar-refractivity contribution in [3.8, 4) is 11.3 Å². The van der Waals surface area contributed by atoms with Gasteiger partial charge in [-0.3, -0.25) is 14.6 Å². The van der Waals surface area contributed by atoms with Gasteiger partial charge in [0.2, 0.25) is 5.91 Å². The maximum absolute atomic E-state index is 12.8. The Balaban J connectivity index is 1.77. The second-order valence-electron chi connectivity index (χ2n) is 6.20. The highest BCUT2D eigenvalue weighted by Gasteiger charge is 2.25. The van der Waals surface area contributed by atoms with E-state index in [0.717, 1.165) is 18.4 Å². The summed E-state index contributed by atoms with van der Waals surface area (Å²) in [6.07, 6.45) is 4.85. The van der Waals surface area contributed by atoms with Crippen molar-refractivity contribution in [3.05, 3.63) is 42.2 Å². The van der Waals surface area contributed by atoms with Crippen LogP contribution >= 0.6 is 0 Å². The molecule has 3 N–H and O–H groups in total. The predicted octanol–water partition coefficient (Wildman–Crippen LogP) is 1.47. The van der Waals surface area contributed by atoms with Gasteiger partial charge >= 0.3 is 0 Å². The number of nitrogens with one attached hydrogen (secondary N) is 1. The van der Waals surface area contributed by atoms with E-state index in [1.807, 2.05) is 18.2 Å². The maximum Gasteiger partial charge on any atom is 0.253 e. The van der Waals surface area contributed by atoms with Gasteiger partial charge in [0, 0.05) is 37.2 Å². The molecule has 2 amide bonds. The average molecular weight is 339 g/mol. The Morgan fingerprint density at radius 2 is 2.12 bits per heavy atom. The Hall–Kier alpha value is -2.96. The molecule has 3 rings (SSSR count). The molecule has 0 saturated carbocycles. The highest BCUT2D eigenvalue weighted by molar-refractivity contribution is 5.95. The minimum atomic E-state index is -0.0665. The highest BCUT2D eigenvalue weighted by atomic mass is 16.2. The van der Waals surface area contributed by atoms with Gasteiger partial charge in [0.15, 0.2) is 0 Å². The van der Waals surface area contributed by atoms with Crippen molar-refractivity contribution in [2.45, 2.75) is 25.8 Å². The third kappa shape index (κ3) is 4.12. The van der Waals surface area contributed by atoms with Crippen molar-refractivity contribution >= 4 is 17.6 Å². The van der Waals surface area contributed by atoms with Gasteiger partial charge < -0.3 is 16.0 Å². The molecule has 2 aromatic rings. The van der Waals surface area contributed by atoms with E-state index in [-0.39, 0.29) is 17.9 Å². The van der Waals surface area contributed by atoms with Crippen molar-refractivity contribution in [2.24, 2.45) is 0 Å². The van der Waals surface area contributed by atoms with E-state index in [0.29, 0.717) is 30.2 Å². The second kappa shape index (κ2) is 7.29. The molecule has 1 aliphatic rings. The van der Waals surface area contributed by atoms with Gasteiger partial charge in [0.1, 0.15) is 5.82 Å². The third-order valence-corrected chi connectivity index (χ3v) is 4.19. The minimum Gasteiger partial charge on any atom is -0.382 e. The number of amides is 2. The second-order valence-corrected chi connectivity index (χ2v) is 6.20. The lowest BCUT2D eigenvalue weighted by Crippen LogP contribution is -2.49. The summed E-state index contributed by atoms with van der Waals surface area (Å²) in [5.74, 6) is 0.247. The molecule has 1 fully saturated rings. The number of piperidine rings is 1. The van der Waals surface area contributed by atoms with Crippen LogP contribution in [0.25, 0.3) is 11.3 Å². The molecule has 1 atom stereocenters. The van der Waals surface area contributed by atoms with E-state index >= 15 is 0 Å². The highest BCUT2D eigenvalue weighted by Crippen LogP contribution is 2.20. The van der Waals surface area contributed by atoms with E-state index < -0.39 is 0 Å². The summed E-state index contributed by atoms with van der Waals surface area (Å²) in [5, 5.41) is 2.90. The van der Waals surface area contributed by atoms with E-state index in [1.165, 1.54) is 13.1 Å². The number of carbonyl (C=O) groups excluding carboxylic acids is 2. The summed E-state index contributed by atoms with van der Waals surface area (Å²) in [4.78, 5) is 34.1. The molecule has 2 heterocycles. The average Bonchev–Trinajstić information content (AvgIpc) is 2.61. The van der Waals surface area contributed by atoms with Gasteiger partial charge in [-0.2, -0.15) is 0 Å². The molecule has 0 radical (unpaired) electrons. The molecule has 130 valence electrons. The first kappa shape index (κ1) is 16.9. The minimum absolute atomic E-state index is 0.0151. The standard InChI is InChI=1S/C18H21N5O2/c1-12(24)22-15-6-3-7-23(11-15)18(25)14-5-2-4-13(8-14)16-9-21-17(19)10-20-16/h2,4-5,8-10,15H,3,6-7,11H2,1H3,(H2,19,21)(H,22,24)/t15-/m0/s1. The monoisotopic (exact) mass is 339 g/mol. The number of carbonyl (C=O) groups is 2. The van der Waals surface area contributed by atoms with Crippen LogP contribution in [0.1, 0.15) is 30.1 Å². The quantitative estimate of drug-likeness (QED) is 0.882. The first-order chi connectivity index (χ1) is 12.0. The molecule has 1 aliphatic heterocycles. The predicted molar refractivity (Wildman–Crippen MR) is 94.6 cm³/mol. The lowest BCUT2D eigenvalue weighted by atomic mass is 10.0. The number of aromatic nitrogens is 2. The summed E-state index contributed by atoms with van der Waals surface area (Å²) in [5.41, 5.74) is 7.64. The number of rotatable bonds is 3. The van der Waals surface area contributed by atoms with Gasteiger partial charge in [-0.25, -0.2) is 4.98 Å². The van der Waals surface area contributed by atoms with Crippen molar-refractivity contribution in [1.82, 2.24) is 20.2 Å². The van der Waals surface area contributed by atoms with E-state index in [1.54, 1.807) is 17.2 Å². The van der Waals surface area contributed by atoms with Crippen molar-refractivity contribution in [2.75, 3.05) is 18.8 Å². The third-order valence-electron chi connectivity index (χ3n) is 4.19. The number of nitrogens with two attached hydrogens (primary N) is 1. The first-order valence-corrected chi connectivity index (χ1v) is 8.27. The number of nitrogen functional groups attached to an aromatic ring is 1. The molecule has 0 spiro atoms. The van der Waals surface area contributed by atoms with Gasteiger partial charge in [0.25, 0.3) is 5.91 Å². The Labute approximate surface area is 146 Å². The number of likely N-dealkylation sites (tertiary alicyclic amines) is 1. The van der Waals surface area contributed by atoms with Crippen molar-refractivity contribution < 1.29 is 9.59 Å². The fraction of sp³-hybridized carbons (Fsp3) is 0.333. The zero-order valence-corrected chi connectivity index (χ0v) is 14.1. The van der Waals surface area contributed by atoms with Crippen LogP contribution in [0.4, 0.5) is 5.82 Å². The van der Waals surface area contributed by atoms with Gasteiger partial charge in [0.05, 0.1) is 18.1 Å². The zero-order chi connectivity index (χ0) is 17.8. The van der Waals surface area contributed by atoms with Gasteiger partial charge in [-0.1, -0.05) is 12.1 Å². The van der Waals surface area contributed by atoms with Crippen LogP contribution in [-0.2, 0) is 4.79 Å². The van der Waals surface area contributed by atoms with E-state index in [2.05, 4.69) is 15.3 Å². The molecule has 25 heavy (non-hydrogen) atoms. The SMILES string of the molecule is CC(=O)N[C@H]1CCCN(C(=O)c2cccc(-c3cnc(N)cn3)c2)C1. The molecule has 7 nitrogen and oxygen atoms in total. The molecular weight excluding hydrogens is 318 g/mol. The van der Waals surface area contributed by atoms with E-state index in [4.69, 9.17) is 5.73 Å². The molecule has 1 aromatic carbocycles. The fourth-order valence-electron chi connectivity index (χ4n) is 3.05. The smallest absolute Gasteiger partial charge is 0.253 e. The van der Waals surface area contributed by atoms with Crippen LogP contribution in [0.2, 0.25) is 0 Å². The topological polar surface area (TPSA) is 101 Å². The Morgan fingerprint density at radius 3 is 2.84 bits per heavy atom. The van der Waals surface area contributed by atoms with Crippen LogP contribution in [0.3, 0.4) is 0 Å². The maximum atomic E-state index is 12.8. The fourth-order valence-corrected chi connectivity index (χ4v) is 3.05. The Morgan fingerprint density at radius 1 is 1.28 bits per heavy atom. The van der Waals surface area contributed by atoms with Gasteiger partial charge in [-0.15, -0.1) is 0 Å². The normalized spacial score (nSPS) is 17.2. The Bertz CT molecular complexity index is 775. The largest absolute Gasteiger partial charge is 0.382 e. The van der Waals surface area contributed by atoms with Crippen molar-refractivity contribution in [3.63, 3.8) is 0 Å². The molecule has 0 unspecified atom stereocenters. The van der Waals surface area contributed by atoms with Crippen LogP contribution in [0.5, 0.6) is 0 Å². The molecule has 0 aliphatic carbocycles. The molecular formula is C18H21N5O2. The summed E-state index contributed by atoms with van der Waals surface area (Å²) >= 11 is 0. The number of benzene rings is 1. The number of hydrogen-bond donors (Lipinski definition) is 2. The van der Waals surface area contributed by atoms with Crippen LogP contribution in [-0.4, -0.2) is 45.8 Å². The summed E-state index contributed by atoms with van der Waals surface area (Å²) in [6, 6.07) is 7.33. The summed E-state index contributed by atoms with van der Waals surface area (Å²) in [6.45, 7) is 2.73. The van der Waals surface area contributed by atoms with Crippen LogP contribution in [0, 0.1) is 0 Å². The first-order valence-electron chi connectivity index (χ1n) is 8.27. The van der Waals surface area contributed by atoms with Crippen LogP contribution in [0.15, 0.2) is 36.7 Å². The number of nitrogens with zero attached hydrogens (tertiary/aromatic N) is 3. The molecule has 7 heteroatoms. The lowest BCUT2D eigenvalue weighted by Gasteiger charge is -2.33. The van der Waals surface area contributed by atoms with Crippen LogP contribution < -0.4 is 11.1 Å². The lowest BCUT2D eigenvalue weighted by molar-refractivity contribution is -0.120. The number of hydrogen-bond acceptors (Lipinski definition) is 5.